The molecule has 1 aromatic carbocycles. The normalized spacial score (nSPS) is 24.8. The van der Waals surface area contributed by atoms with E-state index >= 15 is 0 Å². The third-order valence-electron chi connectivity index (χ3n) is 4.79. The Bertz CT molecular complexity index is 850. The molecule has 2 fully saturated rings. The Morgan fingerprint density at radius 1 is 1.42 bits per heavy atom. The van der Waals surface area contributed by atoms with E-state index in [2.05, 4.69) is 20.9 Å². The molecule has 1 aliphatic carbocycles. The fourth-order valence-electron chi connectivity index (χ4n) is 3.60. The third-order valence-corrected chi connectivity index (χ3v) is 6.34. The average molecular weight is 406 g/mol. The van der Waals surface area contributed by atoms with Crippen LogP contribution in [0.25, 0.3) is 10.4 Å². The summed E-state index contributed by atoms with van der Waals surface area (Å²) in [5.41, 5.74) is 8.01. The van der Waals surface area contributed by atoms with Crippen LogP contribution >= 0.6 is 27.3 Å². The third kappa shape index (κ3) is 2.56. The van der Waals surface area contributed by atoms with Crippen molar-refractivity contribution in [3.8, 4) is 10.4 Å². The first kappa shape index (κ1) is 15.8. The molecule has 4 rings (SSSR count). The first-order valence-electron chi connectivity index (χ1n) is 7.79. The number of primary amides is 1. The van der Waals surface area contributed by atoms with Gasteiger partial charge < -0.3 is 10.6 Å². The summed E-state index contributed by atoms with van der Waals surface area (Å²) >= 11 is 4.81. The molecule has 1 aromatic heterocycles. The summed E-state index contributed by atoms with van der Waals surface area (Å²) in [6, 6.07) is 7.48. The zero-order valence-electron chi connectivity index (χ0n) is 13.0. The number of hydrogen-bond donors (Lipinski definition) is 1. The molecular formula is C17H16BrN3O2S. The van der Waals surface area contributed by atoms with E-state index in [1.165, 1.54) is 11.3 Å². The molecule has 7 heteroatoms. The molecule has 24 heavy (non-hydrogen) atoms. The fraction of sp³-hybridized carbons (Fsp3) is 0.353. The summed E-state index contributed by atoms with van der Waals surface area (Å²) in [5, 5.41) is 0. The number of aryl methyl sites for hydroxylation is 1. The molecule has 2 aliphatic rings. The van der Waals surface area contributed by atoms with Gasteiger partial charge in [0.05, 0.1) is 4.88 Å². The Hall–Kier alpha value is -1.73. The lowest BCUT2D eigenvalue weighted by molar-refractivity contribution is -0.122. The highest BCUT2D eigenvalue weighted by molar-refractivity contribution is 9.11. The Balaban J connectivity index is 1.72. The Labute approximate surface area is 152 Å². The van der Waals surface area contributed by atoms with Gasteiger partial charge in [0.15, 0.2) is 3.92 Å². The molecule has 0 unspecified atom stereocenters. The van der Waals surface area contributed by atoms with E-state index in [9.17, 15) is 9.59 Å². The molecule has 1 saturated heterocycles. The smallest absolute Gasteiger partial charge is 0.274 e. The zero-order chi connectivity index (χ0) is 17.0. The van der Waals surface area contributed by atoms with Gasteiger partial charge in [-0.05, 0) is 46.7 Å². The summed E-state index contributed by atoms with van der Waals surface area (Å²) < 4.78 is 0.655. The maximum Gasteiger partial charge on any atom is 0.274 e. The van der Waals surface area contributed by atoms with Crippen molar-refractivity contribution in [2.75, 3.05) is 6.54 Å². The number of likely N-dealkylation sites (tertiary alicyclic amines) is 1. The van der Waals surface area contributed by atoms with Crippen molar-refractivity contribution in [3.05, 3.63) is 39.4 Å². The van der Waals surface area contributed by atoms with Crippen molar-refractivity contribution < 1.29 is 9.59 Å². The molecule has 0 spiro atoms. The number of fused-ring (bicyclic) bond motifs is 1. The molecule has 2 N–H and O–H groups in total. The Morgan fingerprint density at radius 3 is 2.92 bits per heavy atom. The van der Waals surface area contributed by atoms with Gasteiger partial charge in [0.25, 0.3) is 5.91 Å². The van der Waals surface area contributed by atoms with E-state index in [1.807, 2.05) is 31.2 Å². The van der Waals surface area contributed by atoms with Gasteiger partial charge in [-0.3, -0.25) is 9.59 Å². The Kier molecular flexibility index (Phi) is 3.73. The van der Waals surface area contributed by atoms with E-state index in [0.29, 0.717) is 22.1 Å². The number of amides is 2. The number of halogens is 1. The monoisotopic (exact) mass is 405 g/mol. The average Bonchev–Trinajstić information content (AvgIpc) is 3.01. The predicted molar refractivity (Wildman–Crippen MR) is 95.6 cm³/mol. The second kappa shape index (κ2) is 5.67. The number of carbonyl (C=O) groups is 2. The van der Waals surface area contributed by atoms with Crippen molar-refractivity contribution in [1.82, 2.24) is 9.88 Å². The highest BCUT2D eigenvalue weighted by Gasteiger charge is 2.56. The van der Waals surface area contributed by atoms with Gasteiger partial charge in [0.1, 0.15) is 11.7 Å². The summed E-state index contributed by atoms with van der Waals surface area (Å²) in [4.78, 5) is 31.7. The van der Waals surface area contributed by atoms with Crippen LogP contribution in [0.5, 0.6) is 0 Å². The van der Waals surface area contributed by atoms with Crippen molar-refractivity contribution in [3.63, 3.8) is 0 Å². The number of thiazole rings is 1. The number of piperidine rings is 1. The number of carbonyl (C=O) groups excluding carboxylic acids is 2. The van der Waals surface area contributed by atoms with Gasteiger partial charge in [-0.1, -0.05) is 29.8 Å². The second-order valence-corrected chi connectivity index (χ2v) is 8.75. The number of rotatable bonds is 3. The van der Waals surface area contributed by atoms with Crippen LogP contribution in [0, 0.1) is 18.8 Å². The van der Waals surface area contributed by atoms with Gasteiger partial charge in [-0.2, -0.15) is 0 Å². The number of nitrogens with zero attached hydrogens (tertiary/aromatic N) is 2. The lowest BCUT2D eigenvalue weighted by Gasteiger charge is -2.24. The van der Waals surface area contributed by atoms with E-state index in [4.69, 9.17) is 5.73 Å². The number of hydrogen-bond acceptors (Lipinski definition) is 4. The Morgan fingerprint density at radius 2 is 2.21 bits per heavy atom. The highest BCUT2D eigenvalue weighted by Crippen LogP contribution is 2.50. The standard InChI is InChI=1S/C17H16BrN3O2S/c1-8-3-2-4-9(5-8)14-12(20-17(18)24-14)16(23)21-7-10-6-11(10)13(21)15(19)22/h2-5,10-11,13H,6-7H2,1H3,(H2,19,22)/t10-,11-,13-/m0/s1. The van der Waals surface area contributed by atoms with Crippen LogP contribution in [0.2, 0.25) is 0 Å². The molecule has 1 aliphatic heterocycles. The summed E-state index contributed by atoms with van der Waals surface area (Å²) in [6.45, 7) is 2.61. The minimum Gasteiger partial charge on any atom is -0.368 e. The molecule has 3 atom stereocenters. The van der Waals surface area contributed by atoms with Crippen LogP contribution in [0.4, 0.5) is 0 Å². The molecule has 1 saturated carbocycles. The quantitative estimate of drug-likeness (QED) is 0.852. The van der Waals surface area contributed by atoms with Gasteiger partial charge in [0, 0.05) is 6.54 Å². The van der Waals surface area contributed by atoms with Crippen LogP contribution in [0.3, 0.4) is 0 Å². The SMILES string of the molecule is Cc1cccc(-c2sc(Br)nc2C(=O)N2C[C@@H]3C[C@@H]3[C@H]2C(N)=O)c1. The van der Waals surface area contributed by atoms with Crippen molar-refractivity contribution in [2.24, 2.45) is 17.6 Å². The lowest BCUT2D eigenvalue weighted by atomic mass is 10.1. The molecule has 2 amide bonds. The van der Waals surface area contributed by atoms with Crippen LogP contribution in [0.15, 0.2) is 28.2 Å². The van der Waals surface area contributed by atoms with E-state index in [1.54, 1.807) is 4.90 Å². The van der Waals surface area contributed by atoms with Gasteiger partial charge in [-0.25, -0.2) is 4.98 Å². The van der Waals surface area contributed by atoms with E-state index in [0.717, 1.165) is 22.4 Å². The van der Waals surface area contributed by atoms with Gasteiger partial charge >= 0.3 is 0 Å². The minimum absolute atomic E-state index is 0.204. The van der Waals surface area contributed by atoms with Crippen LogP contribution in [0.1, 0.15) is 22.5 Å². The van der Waals surface area contributed by atoms with Crippen LogP contribution in [-0.2, 0) is 4.79 Å². The maximum atomic E-state index is 13.1. The number of aromatic nitrogens is 1. The maximum absolute atomic E-state index is 13.1. The predicted octanol–water partition coefficient (Wildman–Crippen LogP) is 2.83. The molecule has 2 heterocycles. The summed E-state index contributed by atoms with van der Waals surface area (Å²) in [5.74, 6) is 0.0242. The first-order valence-corrected chi connectivity index (χ1v) is 9.40. The summed E-state index contributed by atoms with van der Waals surface area (Å²) in [6.07, 6.45) is 0.989. The highest BCUT2D eigenvalue weighted by atomic mass is 79.9. The van der Waals surface area contributed by atoms with Gasteiger partial charge in [0.2, 0.25) is 5.91 Å². The zero-order valence-corrected chi connectivity index (χ0v) is 15.4. The summed E-state index contributed by atoms with van der Waals surface area (Å²) in [7, 11) is 0. The molecular weight excluding hydrogens is 390 g/mol. The van der Waals surface area contributed by atoms with E-state index < -0.39 is 11.9 Å². The van der Waals surface area contributed by atoms with E-state index in [-0.39, 0.29) is 11.8 Å². The van der Waals surface area contributed by atoms with Gasteiger partial charge in [-0.15, -0.1) is 11.3 Å². The fourth-order valence-corrected chi connectivity index (χ4v) is 5.04. The molecule has 0 radical (unpaired) electrons. The van der Waals surface area contributed by atoms with Crippen LogP contribution in [-0.4, -0.2) is 34.3 Å². The minimum atomic E-state index is -0.492. The largest absolute Gasteiger partial charge is 0.368 e. The molecule has 0 bridgehead atoms. The topological polar surface area (TPSA) is 76.3 Å². The molecule has 124 valence electrons. The number of benzene rings is 1. The molecule has 5 nitrogen and oxygen atoms in total. The lowest BCUT2D eigenvalue weighted by Crippen LogP contribution is -2.46. The first-order chi connectivity index (χ1) is 11.5. The van der Waals surface area contributed by atoms with Crippen molar-refractivity contribution in [1.29, 1.82) is 0 Å². The molecule has 2 aromatic rings. The second-order valence-electron chi connectivity index (χ2n) is 6.48. The van der Waals surface area contributed by atoms with Crippen molar-refractivity contribution >= 4 is 39.1 Å². The van der Waals surface area contributed by atoms with Crippen molar-refractivity contribution in [2.45, 2.75) is 19.4 Å². The number of nitrogens with two attached hydrogens (primary N) is 1. The van der Waals surface area contributed by atoms with Crippen LogP contribution < -0.4 is 5.73 Å².